The molecule has 0 unspecified atom stereocenters. The maximum atomic E-state index is 5.37. The fourth-order valence-corrected chi connectivity index (χ4v) is 1.15. The number of hydrogen-bond donors (Lipinski definition) is 1. The molecular formula is C11H15NO. The standard InChI is InChI=1S/C11H15NO/c1-9-5-6-10(4-3-7-12)11(8-9)13-2/h3-6,8H,7,12H2,1-2H3/b4-3+. The molecule has 0 aliphatic carbocycles. The third kappa shape index (κ3) is 2.60. The molecule has 0 bridgehead atoms. The summed E-state index contributed by atoms with van der Waals surface area (Å²) >= 11 is 0. The van der Waals surface area contributed by atoms with E-state index in [2.05, 4.69) is 6.07 Å². The van der Waals surface area contributed by atoms with Gasteiger partial charge in [-0.25, -0.2) is 0 Å². The molecule has 70 valence electrons. The van der Waals surface area contributed by atoms with Crippen molar-refractivity contribution in [3.8, 4) is 5.75 Å². The Hall–Kier alpha value is -1.28. The van der Waals surface area contributed by atoms with Crippen molar-refractivity contribution in [2.75, 3.05) is 13.7 Å². The predicted molar refractivity (Wildman–Crippen MR) is 55.8 cm³/mol. The molecule has 0 saturated carbocycles. The monoisotopic (exact) mass is 177 g/mol. The number of nitrogens with two attached hydrogens (primary N) is 1. The van der Waals surface area contributed by atoms with Crippen molar-refractivity contribution in [1.29, 1.82) is 0 Å². The predicted octanol–water partition coefficient (Wildman–Crippen LogP) is 1.98. The molecule has 0 aliphatic heterocycles. The minimum atomic E-state index is 0.553. The molecule has 0 amide bonds. The van der Waals surface area contributed by atoms with Gasteiger partial charge >= 0.3 is 0 Å². The van der Waals surface area contributed by atoms with Gasteiger partial charge in [0.15, 0.2) is 0 Å². The number of ether oxygens (including phenoxy) is 1. The van der Waals surface area contributed by atoms with Crippen molar-refractivity contribution >= 4 is 6.08 Å². The van der Waals surface area contributed by atoms with Crippen molar-refractivity contribution in [3.05, 3.63) is 35.4 Å². The Morgan fingerprint density at radius 3 is 2.85 bits per heavy atom. The Bertz CT molecular complexity index is 305. The first-order valence-electron chi connectivity index (χ1n) is 4.29. The fourth-order valence-electron chi connectivity index (χ4n) is 1.15. The summed E-state index contributed by atoms with van der Waals surface area (Å²) in [6.07, 6.45) is 3.88. The summed E-state index contributed by atoms with van der Waals surface area (Å²) in [7, 11) is 1.68. The minimum Gasteiger partial charge on any atom is -0.496 e. The van der Waals surface area contributed by atoms with Gasteiger partial charge in [0.05, 0.1) is 7.11 Å². The van der Waals surface area contributed by atoms with Crippen molar-refractivity contribution in [1.82, 2.24) is 0 Å². The van der Waals surface area contributed by atoms with Crippen LogP contribution in [-0.2, 0) is 0 Å². The largest absolute Gasteiger partial charge is 0.496 e. The van der Waals surface area contributed by atoms with Crippen LogP contribution < -0.4 is 10.5 Å². The Labute approximate surface area is 79.0 Å². The lowest BCUT2D eigenvalue weighted by molar-refractivity contribution is 0.413. The highest BCUT2D eigenvalue weighted by Gasteiger charge is 1.98. The van der Waals surface area contributed by atoms with Crippen molar-refractivity contribution in [2.24, 2.45) is 5.73 Å². The molecule has 0 heterocycles. The molecule has 13 heavy (non-hydrogen) atoms. The first-order valence-corrected chi connectivity index (χ1v) is 4.29. The van der Waals surface area contributed by atoms with Crippen molar-refractivity contribution < 1.29 is 4.74 Å². The van der Waals surface area contributed by atoms with E-state index in [0.717, 1.165) is 11.3 Å². The fraction of sp³-hybridized carbons (Fsp3) is 0.273. The van der Waals surface area contributed by atoms with Crippen molar-refractivity contribution in [2.45, 2.75) is 6.92 Å². The Morgan fingerprint density at radius 2 is 2.23 bits per heavy atom. The highest BCUT2D eigenvalue weighted by Crippen LogP contribution is 2.20. The third-order valence-corrected chi connectivity index (χ3v) is 1.82. The van der Waals surface area contributed by atoms with Crippen LogP contribution in [-0.4, -0.2) is 13.7 Å². The molecule has 1 aromatic rings. The summed E-state index contributed by atoms with van der Waals surface area (Å²) in [6, 6.07) is 6.09. The van der Waals surface area contributed by atoms with Crippen LogP contribution in [0.4, 0.5) is 0 Å². The number of aryl methyl sites for hydroxylation is 1. The van der Waals surface area contributed by atoms with E-state index < -0.39 is 0 Å². The normalized spacial score (nSPS) is 10.7. The van der Waals surface area contributed by atoms with E-state index in [1.54, 1.807) is 7.11 Å². The summed E-state index contributed by atoms with van der Waals surface area (Å²) < 4.78 is 5.23. The van der Waals surface area contributed by atoms with Gasteiger partial charge in [-0.05, 0) is 18.6 Å². The lowest BCUT2D eigenvalue weighted by atomic mass is 10.1. The molecule has 1 aromatic carbocycles. The van der Waals surface area contributed by atoms with Gasteiger partial charge in [-0.15, -0.1) is 0 Å². The third-order valence-electron chi connectivity index (χ3n) is 1.82. The lowest BCUT2D eigenvalue weighted by Gasteiger charge is -2.05. The van der Waals surface area contributed by atoms with E-state index in [4.69, 9.17) is 10.5 Å². The number of methoxy groups -OCH3 is 1. The summed E-state index contributed by atoms with van der Waals surface area (Å²) in [5.74, 6) is 0.893. The van der Waals surface area contributed by atoms with Crippen LogP contribution in [0.3, 0.4) is 0 Å². The van der Waals surface area contributed by atoms with Gasteiger partial charge in [-0.2, -0.15) is 0 Å². The van der Waals surface area contributed by atoms with Crippen LogP contribution in [0.1, 0.15) is 11.1 Å². The molecule has 2 N–H and O–H groups in total. The smallest absolute Gasteiger partial charge is 0.126 e. The van der Waals surface area contributed by atoms with Crippen LogP contribution >= 0.6 is 0 Å². The Balaban J connectivity index is 2.99. The number of benzene rings is 1. The van der Waals surface area contributed by atoms with Gasteiger partial charge in [-0.3, -0.25) is 0 Å². The lowest BCUT2D eigenvalue weighted by Crippen LogP contribution is -1.93. The van der Waals surface area contributed by atoms with E-state index in [0.29, 0.717) is 6.54 Å². The average Bonchev–Trinajstić information content (AvgIpc) is 2.16. The molecule has 0 aromatic heterocycles. The summed E-state index contributed by atoms with van der Waals surface area (Å²) in [4.78, 5) is 0. The molecule has 2 heteroatoms. The zero-order valence-corrected chi connectivity index (χ0v) is 8.08. The van der Waals surface area contributed by atoms with Gasteiger partial charge in [0.1, 0.15) is 5.75 Å². The summed E-state index contributed by atoms with van der Waals surface area (Å²) in [5.41, 5.74) is 7.63. The average molecular weight is 177 g/mol. The second-order valence-electron chi connectivity index (χ2n) is 2.88. The summed E-state index contributed by atoms with van der Waals surface area (Å²) in [5, 5.41) is 0. The van der Waals surface area contributed by atoms with Crippen molar-refractivity contribution in [3.63, 3.8) is 0 Å². The van der Waals surface area contributed by atoms with Crippen LogP contribution in [0.15, 0.2) is 24.3 Å². The molecule has 0 fully saturated rings. The Kier molecular flexibility index (Phi) is 3.53. The Morgan fingerprint density at radius 1 is 1.46 bits per heavy atom. The highest BCUT2D eigenvalue weighted by molar-refractivity contribution is 5.58. The quantitative estimate of drug-likeness (QED) is 0.766. The van der Waals surface area contributed by atoms with Crippen LogP contribution in [0.2, 0.25) is 0 Å². The van der Waals surface area contributed by atoms with Crippen LogP contribution in [0.25, 0.3) is 6.08 Å². The zero-order chi connectivity index (χ0) is 9.68. The number of hydrogen-bond acceptors (Lipinski definition) is 2. The zero-order valence-electron chi connectivity index (χ0n) is 8.08. The second-order valence-corrected chi connectivity index (χ2v) is 2.88. The van der Waals surface area contributed by atoms with Crippen LogP contribution in [0, 0.1) is 6.92 Å². The maximum absolute atomic E-state index is 5.37. The van der Waals surface area contributed by atoms with Gasteiger partial charge in [0.2, 0.25) is 0 Å². The molecule has 1 rings (SSSR count). The van der Waals surface area contributed by atoms with Crippen LogP contribution in [0.5, 0.6) is 5.75 Å². The van der Waals surface area contributed by atoms with Gasteiger partial charge < -0.3 is 10.5 Å². The van der Waals surface area contributed by atoms with E-state index in [-0.39, 0.29) is 0 Å². The molecular weight excluding hydrogens is 162 g/mol. The second kappa shape index (κ2) is 4.67. The van der Waals surface area contributed by atoms with Gasteiger partial charge in [0, 0.05) is 12.1 Å². The van der Waals surface area contributed by atoms with Gasteiger partial charge in [-0.1, -0.05) is 24.3 Å². The minimum absolute atomic E-state index is 0.553. The number of rotatable bonds is 3. The molecule has 0 atom stereocenters. The van der Waals surface area contributed by atoms with E-state index in [1.165, 1.54) is 5.56 Å². The first-order chi connectivity index (χ1) is 6.27. The highest BCUT2D eigenvalue weighted by atomic mass is 16.5. The SMILES string of the molecule is COc1cc(C)ccc1/C=C/CN. The van der Waals surface area contributed by atoms with E-state index in [9.17, 15) is 0 Å². The summed E-state index contributed by atoms with van der Waals surface area (Å²) in [6.45, 7) is 2.59. The molecule has 2 nitrogen and oxygen atoms in total. The molecule has 0 spiro atoms. The van der Waals surface area contributed by atoms with E-state index >= 15 is 0 Å². The molecule has 0 radical (unpaired) electrons. The topological polar surface area (TPSA) is 35.2 Å². The first kappa shape index (κ1) is 9.81. The molecule has 0 aliphatic rings. The van der Waals surface area contributed by atoms with E-state index in [1.807, 2.05) is 31.2 Å². The molecule has 0 saturated heterocycles. The maximum Gasteiger partial charge on any atom is 0.126 e. The van der Waals surface area contributed by atoms with Gasteiger partial charge in [0.25, 0.3) is 0 Å².